The quantitative estimate of drug-likeness (QED) is 0.341. The van der Waals surface area contributed by atoms with Crippen LogP contribution in [0.25, 0.3) is 11.3 Å². The Kier molecular flexibility index (Phi) is 7.12. The van der Waals surface area contributed by atoms with Crippen molar-refractivity contribution in [2.24, 2.45) is 0 Å². The third-order valence-corrected chi connectivity index (χ3v) is 5.91. The molecule has 1 N–H and O–H groups in total. The van der Waals surface area contributed by atoms with E-state index in [2.05, 4.69) is 15.2 Å². The molecule has 2 heterocycles. The van der Waals surface area contributed by atoms with E-state index >= 15 is 0 Å². The Morgan fingerprint density at radius 2 is 1.71 bits per heavy atom. The number of aromatic nitrogens is 1. The molecule has 0 radical (unpaired) electrons. The molecule has 4 rings (SSSR count). The zero-order valence-corrected chi connectivity index (χ0v) is 18.5. The lowest BCUT2D eigenvalue weighted by Gasteiger charge is -2.29. The first-order valence-corrected chi connectivity index (χ1v) is 11.2. The molecule has 0 bridgehead atoms. The molecule has 2 aromatic carbocycles. The molecular formula is C25H25F3N4O2. The minimum Gasteiger partial charge on any atom is -0.372 e. The van der Waals surface area contributed by atoms with Crippen LogP contribution in [0, 0.1) is 10.1 Å². The summed E-state index contributed by atoms with van der Waals surface area (Å²) in [6.07, 6.45) is 0.587. The molecule has 0 atom stereocenters. The number of rotatable bonds is 7. The zero-order chi connectivity index (χ0) is 24.1. The summed E-state index contributed by atoms with van der Waals surface area (Å²) in [5.41, 5.74) is 2.54. The molecule has 1 aromatic heterocycles. The van der Waals surface area contributed by atoms with E-state index in [1.54, 1.807) is 30.5 Å². The van der Waals surface area contributed by atoms with Crippen LogP contribution in [-0.4, -0.2) is 23.0 Å². The van der Waals surface area contributed by atoms with Gasteiger partial charge in [0, 0.05) is 44.1 Å². The van der Waals surface area contributed by atoms with Gasteiger partial charge in [-0.3, -0.25) is 15.1 Å². The largest absolute Gasteiger partial charge is 0.416 e. The Bertz CT molecular complexity index is 1160. The van der Waals surface area contributed by atoms with Crippen molar-refractivity contribution in [1.29, 1.82) is 0 Å². The lowest BCUT2D eigenvalue weighted by Crippen LogP contribution is -2.29. The first kappa shape index (κ1) is 23.7. The number of benzene rings is 2. The van der Waals surface area contributed by atoms with Gasteiger partial charge in [0.1, 0.15) is 0 Å². The minimum absolute atomic E-state index is 0.0117. The van der Waals surface area contributed by atoms with Crippen molar-refractivity contribution in [1.82, 2.24) is 10.3 Å². The van der Waals surface area contributed by atoms with Crippen molar-refractivity contribution in [3.05, 3.63) is 87.6 Å². The van der Waals surface area contributed by atoms with Crippen LogP contribution in [0.15, 0.2) is 60.8 Å². The van der Waals surface area contributed by atoms with Crippen LogP contribution in [0.1, 0.15) is 36.0 Å². The molecule has 1 aliphatic rings. The van der Waals surface area contributed by atoms with Crippen LogP contribution in [0.2, 0.25) is 0 Å². The number of hydrogen-bond acceptors (Lipinski definition) is 5. The lowest BCUT2D eigenvalue weighted by molar-refractivity contribution is -0.384. The summed E-state index contributed by atoms with van der Waals surface area (Å²) in [4.78, 5) is 17.9. The average Bonchev–Trinajstić information content (AvgIpc) is 2.84. The molecule has 1 saturated heterocycles. The Balaban J connectivity index is 1.51. The number of piperidine rings is 1. The van der Waals surface area contributed by atoms with E-state index in [0.717, 1.165) is 49.3 Å². The number of pyridine rings is 1. The number of nitro groups is 1. The maximum absolute atomic E-state index is 12.9. The Hall–Kier alpha value is -3.46. The SMILES string of the molecule is O=[N+]([O-])c1ccc(N2CCCCC2)cc1-c1cc(CNCc2cccc(C(F)(F)F)c2)ccn1. The van der Waals surface area contributed by atoms with Crippen LogP contribution in [0.3, 0.4) is 0 Å². The zero-order valence-electron chi connectivity index (χ0n) is 18.5. The van der Waals surface area contributed by atoms with Gasteiger partial charge in [-0.15, -0.1) is 0 Å². The van der Waals surface area contributed by atoms with Crippen LogP contribution < -0.4 is 10.2 Å². The molecule has 178 valence electrons. The van der Waals surface area contributed by atoms with Gasteiger partial charge in [-0.2, -0.15) is 13.2 Å². The van der Waals surface area contributed by atoms with Gasteiger partial charge in [-0.05, 0) is 60.7 Å². The number of alkyl halides is 3. The number of hydrogen-bond donors (Lipinski definition) is 1. The number of anilines is 1. The number of nitrogens with zero attached hydrogens (tertiary/aromatic N) is 3. The molecule has 3 aromatic rings. The van der Waals surface area contributed by atoms with E-state index in [0.29, 0.717) is 23.4 Å². The van der Waals surface area contributed by atoms with Gasteiger partial charge in [0.15, 0.2) is 0 Å². The van der Waals surface area contributed by atoms with Crippen LogP contribution in [-0.2, 0) is 19.3 Å². The summed E-state index contributed by atoms with van der Waals surface area (Å²) in [7, 11) is 0. The summed E-state index contributed by atoms with van der Waals surface area (Å²) in [6.45, 7) is 2.48. The smallest absolute Gasteiger partial charge is 0.372 e. The van der Waals surface area contributed by atoms with Crippen molar-refractivity contribution >= 4 is 11.4 Å². The molecule has 1 aliphatic heterocycles. The highest BCUT2D eigenvalue weighted by Crippen LogP contribution is 2.34. The highest BCUT2D eigenvalue weighted by atomic mass is 19.4. The van der Waals surface area contributed by atoms with E-state index in [4.69, 9.17) is 0 Å². The molecular weight excluding hydrogens is 445 g/mol. The number of nitrogens with one attached hydrogen (secondary N) is 1. The molecule has 1 fully saturated rings. The van der Waals surface area contributed by atoms with Crippen molar-refractivity contribution in [3.8, 4) is 11.3 Å². The summed E-state index contributed by atoms with van der Waals surface area (Å²) >= 11 is 0. The minimum atomic E-state index is -4.38. The molecule has 9 heteroatoms. The second kappa shape index (κ2) is 10.2. The first-order valence-electron chi connectivity index (χ1n) is 11.2. The summed E-state index contributed by atoms with van der Waals surface area (Å²) in [5.74, 6) is 0. The molecule has 0 aliphatic carbocycles. The molecule has 34 heavy (non-hydrogen) atoms. The second-order valence-electron chi connectivity index (χ2n) is 8.36. The van der Waals surface area contributed by atoms with Crippen molar-refractivity contribution in [3.63, 3.8) is 0 Å². The monoisotopic (exact) mass is 470 g/mol. The van der Waals surface area contributed by atoms with Gasteiger partial charge in [0.2, 0.25) is 0 Å². The molecule has 0 amide bonds. The Labute approximate surface area is 195 Å². The average molecular weight is 470 g/mol. The van der Waals surface area contributed by atoms with Gasteiger partial charge < -0.3 is 10.2 Å². The van der Waals surface area contributed by atoms with Crippen molar-refractivity contribution < 1.29 is 18.1 Å². The normalized spacial score (nSPS) is 14.3. The van der Waals surface area contributed by atoms with Crippen molar-refractivity contribution in [2.75, 3.05) is 18.0 Å². The highest BCUT2D eigenvalue weighted by Gasteiger charge is 2.30. The van der Waals surface area contributed by atoms with Crippen LogP contribution in [0.4, 0.5) is 24.5 Å². The number of nitro benzene ring substituents is 1. The Morgan fingerprint density at radius 3 is 2.41 bits per heavy atom. The summed E-state index contributed by atoms with van der Waals surface area (Å²) < 4.78 is 38.8. The van der Waals surface area contributed by atoms with E-state index in [-0.39, 0.29) is 12.2 Å². The maximum atomic E-state index is 12.9. The summed E-state index contributed by atoms with van der Waals surface area (Å²) in [6, 6.07) is 13.9. The molecule has 6 nitrogen and oxygen atoms in total. The van der Waals surface area contributed by atoms with Gasteiger partial charge >= 0.3 is 6.18 Å². The molecule has 0 saturated carbocycles. The third-order valence-electron chi connectivity index (χ3n) is 5.91. The standard InChI is InChI=1S/C25H25F3N4O2/c26-25(27,28)20-6-4-5-18(13-20)16-29-17-19-9-10-30-23(14-19)22-15-21(7-8-24(22)32(33)34)31-11-2-1-3-12-31/h4-10,13-15,29H,1-3,11-12,16-17H2. The predicted molar refractivity (Wildman–Crippen MR) is 124 cm³/mol. The van der Waals surface area contributed by atoms with E-state index in [1.807, 2.05) is 6.07 Å². The first-order chi connectivity index (χ1) is 16.3. The van der Waals surface area contributed by atoms with Gasteiger partial charge in [0.25, 0.3) is 5.69 Å². The second-order valence-corrected chi connectivity index (χ2v) is 8.36. The topological polar surface area (TPSA) is 71.3 Å². The van der Waals surface area contributed by atoms with E-state index < -0.39 is 16.7 Å². The fourth-order valence-electron chi connectivity index (χ4n) is 4.18. The van der Waals surface area contributed by atoms with E-state index in [1.165, 1.54) is 18.6 Å². The Morgan fingerprint density at radius 1 is 0.971 bits per heavy atom. The van der Waals surface area contributed by atoms with Crippen molar-refractivity contribution in [2.45, 2.75) is 38.5 Å². The van der Waals surface area contributed by atoms with Crippen LogP contribution >= 0.6 is 0 Å². The fourth-order valence-corrected chi connectivity index (χ4v) is 4.18. The third kappa shape index (κ3) is 5.72. The molecule has 0 unspecified atom stereocenters. The van der Waals surface area contributed by atoms with Gasteiger partial charge in [-0.25, -0.2) is 0 Å². The molecule has 0 spiro atoms. The van der Waals surface area contributed by atoms with Gasteiger partial charge in [0.05, 0.1) is 21.7 Å². The van der Waals surface area contributed by atoms with E-state index in [9.17, 15) is 23.3 Å². The number of halogens is 3. The summed E-state index contributed by atoms with van der Waals surface area (Å²) in [5, 5.41) is 14.8. The van der Waals surface area contributed by atoms with Gasteiger partial charge in [-0.1, -0.05) is 18.2 Å². The lowest BCUT2D eigenvalue weighted by atomic mass is 10.0. The van der Waals surface area contributed by atoms with Crippen LogP contribution in [0.5, 0.6) is 0 Å². The highest BCUT2D eigenvalue weighted by molar-refractivity contribution is 5.75. The maximum Gasteiger partial charge on any atom is 0.416 e. The predicted octanol–water partition coefficient (Wildman–Crippen LogP) is 5.96. The fraction of sp³-hybridized carbons (Fsp3) is 0.320.